The van der Waals surface area contributed by atoms with E-state index in [9.17, 15) is 13.2 Å². The van der Waals surface area contributed by atoms with Crippen molar-refractivity contribution < 1.29 is 13.2 Å². The highest BCUT2D eigenvalue weighted by Gasteiger charge is 2.34. The Labute approximate surface area is 162 Å². The summed E-state index contributed by atoms with van der Waals surface area (Å²) in [5.41, 5.74) is 1.63. The predicted octanol–water partition coefficient (Wildman–Crippen LogP) is 4.92. The number of halogens is 3. The molecule has 1 fully saturated rings. The van der Waals surface area contributed by atoms with Gasteiger partial charge in [0.2, 0.25) is 0 Å². The lowest BCUT2D eigenvalue weighted by molar-refractivity contribution is -0.136. The second kappa shape index (κ2) is 7.76. The molecule has 2 aromatic carbocycles. The van der Waals surface area contributed by atoms with Gasteiger partial charge >= 0.3 is 6.18 Å². The second-order valence-corrected chi connectivity index (χ2v) is 7.18. The van der Waals surface area contributed by atoms with Crippen LogP contribution in [-0.2, 0) is 6.18 Å². The zero-order chi connectivity index (χ0) is 19.6. The average Bonchev–Trinajstić information content (AvgIpc) is 2.62. The van der Waals surface area contributed by atoms with Crippen LogP contribution in [0.4, 0.5) is 24.5 Å². The highest BCUT2D eigenvalue weighted by Crippen LogP contribution is 2.34. The molecule has 0 amide bonds. The number of benzene rings is 2. The fraction of sp³-hybridized carbons (Fsp3) is 0.350. The normalized spacial score (nSPS) is 17.7. The van der Waals surface area contributed by atoms with E-state index in [2.05, 4.69) is 41.4 Å². The zero-order valence-corrected chi connectivity index (χ0v) is 16.1. The number of piperazine rings is 1. The number of alkyl halides is 3. The number of nitrogens with zero attached hydrogens (tertiary/aromatic N) is 2. The summed E-state index contributed by atoms with van der Waals surface area (Å²) in [5.74, 6) is 0. The van der Waals surface area contributed by atoms with Gasteiger partial charge in [-0.3, -0.25) is 0 Å². The zero-order valence-electron chi connectivity index (χ0n) is 15.3. The Morgan fingerprint density at radius 3 is 2.37 bits per heavy atom. The molecule has 0 radical (unpaired) electrons. The molecule has 1 saturated heterocycles. The number of para-hydroxylation sites is 1. The number of hydrogen-bond donors (Lipinski definition) is 1. The molecule has 144 valence electrons. The van der Waals surface area contributed by atoms with Crippen molar-refractivity contribution in [2.45, 2.75) is 26.1 Å². The standard InChI is InChI=1S/C20H22F3N3S/c1-14-7-9-16(10-8-14)26-12-11-25(13-15(26)2)19(27)24-18-6-4-3-5-17(18)20(21,22)23/h3-10,15H,11-13H2,1-2H3,(H,24,27)/t15-/m0/s1. The predicted molar refractivity (Wildman–Crippen MR) is 107 cm³/mol. The van der Waals surface area contributed by atoms with Crippen LogP contribution < -0.4 is 10.2 Å². The molecule has 0 aliphatic carbocycles. The van der Waals surface area contributed by atoms with Gasteiger partial charge in [0.05, 0.1) is 11.3 Å². The van der Waals surface area contributed by atoms with Gasteiger partial charge in [-0.15, -0.1) is 0 Å². The van der Waals surface area contributed by atoms with Crippen molar-refractivity contribution >= 4 is 28.7 Å². The number of aryl methyl sites for hydroxylation is 1. The molecule has 7 heteroatoms. The van der Waals surface area contributed by atoms with Crippen molar-refractivity contribution in [2.75, 3.05) is 29.9 Å². The molecule has 1 aliphatic rings. The number of nitrogens with one attached hydrogen (secondary N) is 1. The van der Waals surface area contributed by atoms with Gasteiger partial charge in [-0.1, -0.05) is 29.8 Å². The Kier molecular flexibility index (Phi) is 5.60. The minimum atomic E-state index is -4.42. The molecule has 0 bridgehead atoms. The first-order valence-electron chi connectivity index (χ1n) is 8.81. The molecule has 1 heterocycles. The summed E-state index contributed by atoms with van der Waals surface area (Å²) in [6.45, 7) is 6.20. The fourth-order valence-electron chi connectivity index (χ4n) is 3.30. The highest BCUT2D eigenvalue weighted by molar-refractivity contribution is 7.80. The Morgan fingerprint density at radius 2 is 1.74 bits per heavy atom. The average molecular weight is 393 g/mol. The smallest absolute Gasteiger partial charge is 0.365 e. The molecule has 0 saturated carbocycles. The molecule has 2 aromatic rings. The first-order valence-corrected chi connectivity index (χ1v) is 9.22. The SMILES string of the molecule is Cc1ccc(N2CCN(C(=S)Nc3ccccc3C(F)(F)F)C[C@@H]2C)cc1. The third-order valence-electron chi connectivity index (χ3n) is 4.75. The summed E-state index contributed by atoms with van der Waals surface area (Å²) >= 11 is 5.39. The van der Waals surface area contributed by atoms with E-state index in [0.29, 0.717) is 18.2 Å². The summed E-state index contributed by atoms with van der Waals surface area (Å²) < 4.78 is 39.5. The van der Waals surface area contributed by atoms with E-state index < -0.39 is 11.7 Å². The Balaban J connectivity index is 1.67. The molecule has 1 N–H and O–H groups in total. The minimum Gasteiger partial charge on any atom is -0.365 e. The van der Waals surface area contributed by atoms with Crippen LogP contribution in [0.15, 0.2) is 48.5 Å². The van der Waals surface area contributed by atoms with Crippen LogP contribution in [0, 0.1) is 6.92 Å². The number of hydrogen-bond acceptors (Lipinski definition) is 2. The highest BCUT2D eigenvalue weighted by atomic mass is 32.1. The molecular formula is C20H22F3N3S. The maximum Gasteiger partial charge on any atom is 0.418 e. The molecule has 3 nitrogen and oxygen atoms in total. The summed E-state index contributed by atoms with van der Waals surface area (Å²) in [7, 11) is 0. The maximum absolute atomic E-state index is 13.2. The maximum atomic E-state index is 13.2. The van der Waals surface area contributed by atoms with Crippen molar-refractivity contribution in [3.05, 3.63) is 59.7 Å². The minimum absolute atomic E-state index is 0.0105. The number of thiocarbonyl (C=S) groups is 1. The van der Waals surface area contributed by atoms with E-state index in [1.807, 2.05) is 11.8 Å². The van der Waals surface area contributed by atoms with Gasteiger partial charge in [0, 0.05) is 31.4 Å². The van der Waals surface area contributed by atoms with E-state index in [-0.39, 0.29) is 11.7 Å². The largest absolute Gasteiger partial charge is 0.418 e. The molecule has 3 rings (SSSR count). The van der Waals surface area contributed by atoms with Crippen LogP contribution in [0.5, 0.6) is 0 Å². The van der Waals surface area contributed by atoms with E-state index in [1.54, 1.807) is 6.07 Å². The van der Waals surface area contributed by atoms with Gasteiger partial charge in [-0.05, 0) is 50.3 Å². The monoisotopic (exact) mass is 393 g/mol. The van der Waals surface area contributed by atoms with Crippen molar-refractivity contribution in [3.8, 4) is 0 Å². The van der Waals surface area contributed by atoms with Gasteiger partial charge in [-0.2, -0.15) is 13.2 Å². The van der Waals surface area contributed by atoms with Crippen LogP contribution in [0.1, 0.15) is 18.1 Å². The van der Waals surface area contributed by atoms with Gasteiger partial charge in [0.25, 0.3) is 0 Å². The third-order valence-corrected chi connectivity index (χ3v) is 5.11. The molecular weight excluding hydrogens is 371 g/mol. The van der Waals surface area contributed by atoms with E-state index in [4.69, 9.17) is 12.2 Å². The van der Waals surface area contributed by atoms with Crippen LogP contribution in [0.25, 0.3) is 0 Å². The second-order valence-electron chi connectivity index (χ2n) is 6.80. The van der Waals surface area contributed by atoms with Crippen molar-refractivity contribution in [3.63, 3.8) is 0 Å². The Hall–Kier alpha value is -2.28. The Bertz CT molecular complexity index is 805. The van der Waals surface area contributed by atoms with Crippen molar-refractivity contribution in [1.82, 2.24) is 4.90 Å². The molecule has 27 heavy (non-hydrogen) atoms. The van der Waals surface area contributed by atoms with Gasteiger partial charge < -0.3 is 15.1 Å². The molecule has 1 aliphatic heterocycles. The number of anilines is 2. The lowest BCUT2D eigenvalue weighted by atomic mass is 10.1. The quantitative estimate of drug-likeness (QED) is 0.730. The molecule has 0 spiro atoms. The van der Waals surface area contributed by atoms with Crippen molar-refractivity contribution in [2.24, 2.45) is 0 Å². The lowest BCUT2D eigenvalue weighted by Crippen LogP contribution is -2.54. The first-order chi connectivity index (χ1) is 12.8. The van der Waals surface area contributed by atoms with Crippen LogP contribution in [-0.4, -0.2) is 35.7 Å². The summed E-state index contributed by atoms with van der Waals surface area (Å²) in [6, 6.07) is 13.9. The van der Waals surface area contributed by atoms with Crippen LogP contribution in [0.2, 0.25) is 0 Å². The van der Waals surface area contributed by atoms with Crippen molar-refractivity contribution in [1.29, 1.82) is 0 Å². The third kappa shape index (κ3) is 4.53. The molecule has 0 unspecified atom stereocenters. The molecule has 0 aromatic heterocycles. The van der Waals surface area contributed by atoms with Crippen LogP contribution >= 0.6 is 12.2 Å². The topological polar surface area (TPSA) is 18.5 Å². The fourth-order valence-corrected chi connectivity index (χ4v) is 3.57. The van der Waals surface area contributed by atoms with E-state index in [1.165, 1.54) is 17.7 Å². The van der Waals surface area contributed by atoms with Gasteiger partial charge in [0.15, 0.2) is 5.11 Å². The summed E-state index contributed by atoms with van der Waals surface area (Å²) in [6.07, 6.45) is -4.42. The summed E-state index contributed by atoms with van der Waals surface area (Å²) in [4.78, 5) is 4.22. The first kappa shape index (κ1) is 19.5. The Morgan fingerprint density at radius 1 is 1.07 bits per heavy atom. The van der Waals surface area contributed by atoms with Gasteiger partial charge in [-0.25, -0.2) is 0 Å². The van der Waals surface area contributed by atoms with E-state index >= 15 is 0 Å². The number of rotatable bonds is 2. The lowest BCUT2D eigenvalue weighted by Gasteiger charge is -2.42. The van der Waals surface area contributed by atoms with Crippen LogP contribution in [0.3, 0.4) is 0 Å². The van der Waals surface area contributed by atoms with Gasteiger partial charge in [0.1, 0.15) is 0 Å². The summed E-state index contributed by atoms with van der Waals surface area (Å²) in [5, 5.41) is 3.11. The molecule has 1 atom stereocenters. The van der Waals surface area contributed by atoms with E-state index in [0.717, 1.165) is 18.3 Å².